The smallest absolute Gasteiger partial charge is 0.220 e. The lowest BCUT2D eigenvalue weighted by Crippen LogP contribution is -2.26. The third-order valence-corrected chi connectivity index (χ3v) is 4.13. The van der Waals surface area contributed by atoms with E-state index in [1.54, 1.807) is 18.2 Å². The van der Waals surface area contributed by atoms with Gasteiger partial charge in [-0.2, -0.15) is 0 Å². The maximum atomic E-state index is 12.8. The number of aryl methyl sites for hydroxylation is 2. The Morgan fingerprint density at radius 1 is 1.00 bits per heavy atom. The molecular formula is C21H24FNO3. The Kier molecular flexibility index (Phi) is 7.33. The Morgan fingerprint density at radius 3 is 2.42 bits per heavy atom. The van der Waals surface area contributed by atoms with Crippen LogP contribution in [-0.4, -0.2) is 24.8 Å². The average Bonchev–Trinajstić information content (AvgIpc) is 2.63. The Hall–Kier alpha value is -2.69. The van der Waals surface area contributed by atoms with Gasteiger partial charge >= 0.3 is 0 Å². The predicted octanol–water partition coefficient (Wildman–Crippen LogP) is 3.99. The highest BCUT2D eigenvalue weighted by Crippen LogP contribution is 2.13. The lowest BCUT2D eigenvalue weighted by atomic mass is 10.0. The molecule has 2 rings (SSSR count). The molecule has 2 aromatic rings. The van der Waals surface area contributed by atoms with E-state index in [1.807, 2.05) is 26.0 Å². The van der Waals surface area contributed by atoms with Crippen LogP contribution in [-0.2, 0) is 4.79 Å². The van der Waals surface area contributed by atoms with Crippen molar-refractivity contribution in [3.8, 4) is 5.75 Å². The van der Waals surface area contributed by atoms with E-state index in [0.29, 0.717) is 30.9 Å². The molecule has 26 heavy (non-hydrogen) atoms. The van der Waals surface area contributed by atoms with Gasteiger partial charge in [0.2, 0.25) is 5.91 Å². The topological polar surface area (TPSA) is 55.4 Å². The summed E-state index contributed by atoms with van der Waals surface area (Å²) in [6.07, 6.45) is 0.999. The Labute approximate surface area is 153 Å². The van der Waals surface area contributed by atoms with Crippen LogP contribution < -0.4 is 10.1 Å². The van der Waals surface area contributed by atoms with Gasteiger partial charge in [-0.3, -0.25) is 9.59 Å². The molecule has 0 radical (unpaired) electrons. The summed E-state index contributed by atoms with van der Waals surface area (Å²) in [5.74, 6) is 0.114. The number of Topliss-reactive ketones (excluding diaryl/α,β-unsaturated/α-hetero) is 1. The first-order chi connectivity index (χ1) is 12.5. The summed E-state index contributed by atoms with van der Waals surface area (Å²) in [5.41, 5.74) is 2.86. The van der Waals surface area contributed by atoms with Gasteiger partial charge in [0, 0.05) is 24.9 Å². The zero-order valence-corrected chi connectivity index (χ0v) is 15.2. The van der Waals surface area contributed by atoms with Gasteiger partial charge < -0.3 is 10.1 Å². The number of nitrogens with one attached hydrogen (secondary N) is 1. The third-order valence-electron chi connectivity index (χ3n) is 4.13. The van der Waals surface area contributed by atoms with E-state index >= 15 is 0 Å². The van der Waals surface area contributed by atoms with Gasteiger partial charge in [0.05, 0.1) is 6.61 Å². The summed E-state index contributed by atoms with van der Waals surface area (Å²) in [4.78, 5) is 24.0. The van der Waals surface area contributed by atoms with Crippen LogP contribution >= 0.6 is 0 Å². The van der Waals surface area contributed by atoms with Gasteiger partial charge in [-0.15, -0.1) is 0 Å². The number of carbonyl (C=O) groups excluding carboxylic acids is 2. The fraction of sp³-hybridized carbons (Fsp3) is 0.333. The van der Waals surface area contributed by atoms with Gasteiger partial charge in [-0.1, -0.05) is 12.1 Å². The monoisotopic (exact) mass is 357 g/mol. The van der Waals surface area contributed by atoms with Gasteiger partial charge in [-0.25, -0.2) is 4.39 Å². The zero-order chi connectivity index (χ0) is 18.9. The van der Waals surface area contributed by atoms with Crippen LogP contribution in [0.4, 0.5) is 4.39 Å². The van der Waals surface area contributed by atoms with Crippen molar-refractivity contribution in [1.29, 1.82) is 0 Å². The lowest BCUT2D eigenvalue weighted by Gasteiger charge is -2.08. The summed E-state index contributed by atoms with van der Waals surface area (Å²) < 4.78 is 18.2. The van der Waals surface area contributed by atoms with E-state index < -0.39 is 0 Å². The number of ether oxygens (including phenoxy) is 1. The number of halogens is 1. The van der Waals surface area contributed by atoms with E-state index in [0.717, 1.165) is 11.1 Å². The molecule has 0 spiro atoms. The largest absolute Gasteiger partial charge is 0.494 e. The Balaban J connectivity index is 1.61. The number of rotatable bonds is 9. The van der Waals surface area contributed by atoms with E-state index in [-0.39, 0.29) is 30.3 Å². The second kappa shape index (κ2) is 9.70. The number of hydrogen-bond donors (Lipinski definition) is 1. The molecule has 2 aromatic carbocycles. The van der Waals surface area contributed by atoms with E-state index in [9.17, 15) is 14.0 Å². The molecule has 0 heterocycles. The van der Waals surface area contributed by atoms with Crippen LogP contribution in [0.2, 0.25) is 0 Å². The lowest BCUT2D eigenvalue weighted by molar-refractivity contribution is -0.121. The second-order valence-corrected chi connectivity index (χ2v) is 6.23. The number of amides is 1. The Bertz CT molecular complexity index is 756. The van der Waals surface area contributed by atoms with Crippen molar-refractivity contribution in [2.75, 3.05) is 13.2 Å². The molecule has 0 aliphatic rings. The molecule has 0 unspecified atom stereocenters. The molecule has 0 atom stereocenters. The molecule has 0 aliphatic carbocycles. The summed E-state index contributed by atoms with van der Waals surface area (Å²) in [7, 11) is 0. The highest BCUT2D eigenvalue weighted by molar-refractivity contribution is 5.98. The van der Waals surface area contributed by atoms with Crippen LogP contribution in [0.1, 0.15) is 40.7 Å². The minimum absolute atomic E-state index is 0.0251. The second-order valence-electron chi connectivity index (χ2n) is 6.23. The fourth-order valence-electron chi connectivity index (χ4n) is 2.40. The molecule has 1 amide bonds. The van der Waals surface area contributed by atoms with Gasteiger partial charge in [0.1, 0.15) is 11.6 Å². The van der Waals surface area contributed by atoms with E-state index in [4.69, 9.17) is 4.74 Å². The number of carbonyl (C=O) groups is 2. The van der Waals surface area contributed by atoms with Crippen molar-refractivity contribution < 1.29 is 18.7 Å². The molecular weight excluding hydrogens is 333 g/mol. The van der Waals surface area contributed by atoms with Crippen molar-refractivity contribution in [2.24, 2.45) is 0 Å². The molecule has 0 fully saturated rings. The third kappa shape index (κ3) is 6.31. The standard InChI is InChI=1S/C21H24FNO3/c1-15-4-5-17(14-16(15)2)20(24)10-11-21(25)23-12-3-13-26-19-8-6-18(22)7-9-19/h4-9,14H,3,10-13H2,1-2H3,(H,23,25). The highest BCUT2D eigenvalue weighted by atomic mass is 19.1. The fourth-order valence-corrected chi connectivity index (χ4v) is 2.40. The molecule has 4 nitrogen and oxygen atoms in total. The SMILES string of the molecule is Cc1ccc(C(=O)CCC(=O)NCCCOc2ccc(F)cc2)cc1C. The molecule has 0 aliphatic heterocycles. The molecule has 5 heteroatoms. The molecule has 0 aromatic heterocycles. The van der Waals surface area contributed by atoms with E-state index in [2.05, 4.69) is 5.32 Å². The maximum absolute atomic E-state index is 12.8. The van der Waals surface area contributed by atoms with Crippen molar-refractivity contribution >= 4 is 11.7 Å². The first-order valence-electron chi connectivity index (χ1n) is 8.71. The van der Waals surface area contributed by atoms with Crippen molar-refractivity contribution in [3.63, 3.8) is 0 Å². The van der Waals surface area contributed by atoms with Crippen molar-refractivity contribution in [2.45, 2.75) is 33.1 Å². The molecule has 0 saturated heterocycles. The molecule has 1 N–H and O–H groups in total. The zero-order valence-electron chi connectivity index (χ0n) is 15.2. The van der Waals surface area contributed by atoms with Crippen LogP contribution in [0.25, 0.3) is 0 Å². The van der Waals surface area contributed by atoms with Crippen molar-refractivity contribution in [1.82, 2.24) is 5.32 Å². The molecule has 0 bridgehead atoms. The number of benzene rings is 2. The Morgan fingerprint density at radius 2 is 1.73 bits per heavy atom. The summed E-state index contributed by atoms with van der Waals surface area (Å²) in [5, 5.41) is 2.77. The maximum Gasteiger partial charge on any atom is 0.220 e. The van der Waals surface area contributed by atoms with Crippen LogP contribution in [0, 0.1) is 19.7 Å². The van der Waals surface area contributed by atoms with E-state index in [1.165, 1.54) is 12.1 Å². The average molecular weight is 357 g/mol. The van der Waals surface area contributed by atoms with Crippen LogP contribution in [0.3, 0.4) is 0 Å². The van der Waals surface area contributed by atoms with Gasteiger partial charge in [-0.05, 0) is 61.7 Å². The minimum Gasteiger partial charge on any atom is -0.494 e. The van der Waals surface area contributed by atoms with Crippen LogP contribution in [0.5, 0.6) is 5.75 Å². The first kappa shape index (κ1) is 19.6. The van der Waals surface area contributed by atoms with Crippen molar-refractivity contribution in [3.05, 3.63) is 65.0 Å². The van der Waals surface area contributed by atoms with Gasteiger partial charge in [0.15, 0.2) is 5.78 Å². The highest BCUT2D eigenvalue weighted by Gasteiger charge is 2.10. The quantitative estimate of drug-likeness (QED) is 0.545. The summed E-state index contributed by atoms with van der Waals surface area (Å²) in [6.45, 7) is 4.86. The van der Waals surface area contributed by atoms with Gasteiger partial charge in [0.25, 0.3) is 0 Å². The molecule has 138 valence electrons. The summed E-state index contributed by atoms with van der Waals surface area (Å²) in [6, 6.07) is 11.4. The minimum atomic E-state index is -0.306. The normalized spacial score (nSPS) is 10.4. The predicted molar refractivity (Wildman–Crippen MR) is 99.0 cm³/mol. The molecule has 0 saturated carbocycles. The first-order valence-corrected chi connectivity index (χ1v) is 8.71. The number of ketones is 1. The van der Waals surface area contributed by atoms with Crippen LogP contribution in [0.15, 0.2) is 42.5 Å². The summed E-state index contributed by atoms with van der Waals surface area (Å²) >= 11 is 0. The number of hydrogen-bond acceptors (Lipinski definition) is 3.